The van der Waals surface area contributed by atoms with Crippen LogP contribution in [-0.2, 0) is 0 Å². The lowest BCUT2D eigenvalue weighted by molar-refractivity contribution is 0.354. The van der Waals surface area contributed by atoms with Gasteiger partial charge < -0.3 is 10.2 Å². The Morgan fingerprint density at radius 3 is 2.71 bits per heavy atom. The van der Waals surface area contributed by atoms with Gasteiger partial charge in [-0.05, 0) is 25.7 Å². The summed E-state index contributed by atoms with van der Waals surface area (Å²) in [6.45, 7) is 0. The summed E-state index contributed by atoms with van der Waals surface area (Å²) in [4.78, 5) is 10.4. The minimum atomic E-state index is 0.543. The van der Waals surface area contributed by atoms with E-state index in [-0.39, 0.29) is 0 Å². The molecule has 2 aliphatic rings. The fraction of sp³-hybridized carbons (Fsp3) is 0.667. The number of halogens is 1. The first-order chi connectivity index (χ1) is 8.24. The Morgan fingerprint density at radius 1 is 1.35 bits per heavy atom. The van der Waals surface area contributed by atoms with E-state index >= 15 is 0 Å². The minimum Gasteiger partial charge on any atom is -0.355 e. The Balaban J connectivity index is 1.78. The number of fused-ring (bicyclic) bond motifs is 2. The van der Waals surface area contributed by atoms with Crippen molar-refractivity contribution in [2.24, 2.45) is 0 Å². The second-order valence-electron chi connectivity index (χ2n) is 5.07. The standard InChI is InChI=1S/C12H17ClN4/c1-17(12-11(13)6-14-7-15-12)10-4-8-2-3-9(5-10)16-8/h6-10,16H,2-5H2,1H3. The van der Waals surface area contributed by atoms with Crippen molar-refractivity contribution in [2.45, 2.75) is 43.8 Å². The number of anilines is 1. The number of piperidine rings is 1. The third-order valence-electron chi connectivity index (χ3n) is 3.98. The maximum Gasteiger partial charge on any atom is 0.150 e. The van der Waals surface area contributed by atoms with E-state index in [1.54, 1.807) is 12.5 Å². The van der Waals surface area contributed by atoms with Crippen LogP contribution in [0.25, 0.3) is 0 Å². The van der Waals surface area contributed by atoms with Crippen LogP contribution in [0.4, 0.5) is 5.82 Å². The number of aromatic nitrogens is 2. The molecule has 17 heavy (non-hydrogen) atoms. The normalized spacial score (nSPS) is 31.5. The van der Waals surface area contributed by atoms with Gasteiger partial charge >= 0.3 is 0 Å². The SMILES string of the molecule is CN(c1ncncc1Cl)C1CC2CCC(C1)N2. The molecule has 0 aliphatic carbocycles. The summed E-state index contributed by atoms with van der Waals surface area (Å²) in [5.74, 6) is 0.855. The second-order valence-corrected chi connectivity index (χ2v) is 5.48. The van der Waals surface area contributed by atoms with Crippen LogP contribution >= 0.6 is 11.6 Å². The number of nitrogens with one attached hydrogen (secondary N) is 1. The van der Waals surface area contributed by atoms with Crippen LogP contribution in [0.1, 0.15) is 25.7 Å². The molecule has 1 N–H and O–H groups in total. The zero-order valence-electron chi connectivity index (χ0n) is 9.93. The fourth-order valence-corrected chi connectivity index (χ4v) is 3.32. The van der Waals surface area contributed by atoms with Gasteiger partial charge in [-0.2, -0.15) is 0 Å². The molecule has 0 spiro atoms. The summed E-state index contributed by atoms with van der Waals surface area (Å²) in [6.07, 6.45) is 8.23. The zero-order valence-corrected chi connectivity index (χ0v) is 10.7. The highest BCUT2D eigenvalue weighted by molar-refractivity contribution is 6.32. The van der Waals surface area contributed by atoms with Crippen LogP contribution in [0.5, 0.6) is 0 Å². The van der Waals surface area contributed by atoms with Crippen molar-refractivity contribution in [1.82, 2.24) is 15.3 Å². The molecule has 0 amide bonds. The molecule has 1 aromatic rings. The van der Waals surface area contributed by atoms with E-state index in [4.69, 9.17) is 11.6 Å². The molecule has 5 heteroatoms. The topological polar surface area (TPSA) is 41.1 Å². The van der Waals surface area contributed by atoms with Crippen molar-refractivity contribution in [1.29, 1.82) is 0 Å². The van der Waals surface area contributed by atoms with Crippen molar-refractivity contribution < 1.29 is 0 Å². The highest BCUT2D eigenvalue weighted by atomic mass is 35.5. The molecule has 2 unspecified atom stereocenters. The van der Waals surface area contributed by atoms with Crippen molar-refractivity contribution in [3.63, 3.8) is 0 Å². The summed E-state index contributed by atoms with van der Waals surface area (Å²) in [7, 11) is 2.09. The van der Waals surface area contributed by atoms with Crippen molar-refractivity contribution >= 4 is 17.4 Å². The first-order valence-corrected chi connectivity index (χ1v) is 6.56. The fourth-order valence-electron chi connectivity index (χ4n) is 3.08. The highest BCUT2D eigenvalue weighted by Crippen LogP contribution is 2.32. The number of nitrogens with zero attached hydrogens (tertiary/aromatic N) is 3. The molecule has 2 bridgehead atoms. The molecule has 2 saturated heterocycles. The van der Waals surface area contributed by atoms with Crippen molar-refractivity contribution in [2.75, 3.05) is 11.9 Å². The molecule has 0 radical (unpaired) electrons. The monoisotopic (exact) mass is 252 g/mol. The van der Waals surface area contributed by atoms with Crippen LogP contribution in [0.3, 0.4) is 0 Å². The third-order valence-corrected chi connectivity index (χ3v) is 4.24. The van der Waals surface area contributed by atoms with E-state index in [0.29, 0.717) is 23.1 Å². The molecular weight excluding hydrogens is 236 g/mol. The van der Waals surface area contributed by atoms with Crippen LogP contribution < -0.4 is 10.2 Å². The summed E-state index contributed by atoms with van der Waals surface area (Å²) in [5, 5.41) is 4.29. The lowest BCUT2D eigenvalue weighted by Gasteiger charge is -2.36. The molecule has 2 atom stereocenters. The Morgan fingerprint density at radius 2 is 2.06 bits per heavy atom. The van der Waals surface area contributed by atoms with Crippen LogP contribution in [-0.4, -0.2) is 35.1 Å². The Labute approximate surface area is 106 Å². The van der Waals surface area contributed by atoms with Crippen molar-refractivity contribution in [3.8, 4) is 0 Å². The first-order valence-electron chi connectivity index (χ1n) is 6.18. The summed E-state index contributed by atoms with van der Waals surface area (Å²) in [5.41, 5.74) is 0. The number of rotatable bonds is 2. The summed E-state index contributed by atoms with van der Waals surface area (Å²) in [6, 6.07) is 1.91. The van der Waals surface area contributed by atoms with Gasteiger partial charge in [0, 0.05) is 25.2 Å². The predicted molar refractivity (Wildman–Crippen MR) is 68.4 cm³/mol. The van der Waals surface area contributed by atoms with Gasteiger partial charge in [0.2, 0.25) is 0 Å². The van der Waals surface area contributed by atoms with Gasteiger partial charge in [0.05, 0.1) is 6.20 Å². The molecule has 3 rings (SSSR count). The van der Waals surface area contributed by atoms with Crippen LogP contribution in [0.2, 0.25) is 5.02 Å². The van der Waals surface area contributed by atoms with Gasteiger partial charge in [-0.3, -0.25) is 0 Å². The van der Waals surface area contributed by atoms with Gasteiger partial charge in [0.1, 0.15) is 11.3 Å². The maximum absolute atomic E-state index is 6.14. The summed E-state index contributed by atoms with van der Waals surface area (Å²) < 4.78 is 0. The second kappa shape index (κ2) is 4.42. The average Bonchev–Trinajstić information content (AvgIpc) is 2.68. The zero-order chi connectivity index (χ0) is 11.8. The van der Waals surface area contributed by atoms with E-state index in [9.17, 15) is 0 Å². The van der Waals surface area contributed by atoms with Gasteiger partial charge in [-0.15, -0.1) is 0 Å². The molecule has 2 aliphatic heterocycles. The molecule has 2 fully saturated rings. The van der Waals surface area contributed by atoms with Gasteiger partial charge in [0.15, 0.2) is 5.82 Å². The van der Waals surface area contributed by atoms with E-state index in [0.717, 1.165) is 5.82 Å². The van der Waals surface area contributed by atoms with E-state index < -0.39 is 0 Å². The van der Waals surface area contributed by atoms with Gasteiger partial charge in [-0.1, -0.05) is 11.6 Å². The predicted octanol–water partition coefficient (Wildman–Crippen LogP) is 1.85. The molecule has 92 valence electrons. The molecule has 0 saturated carbocycles. The van der Waals surface area contributed by atoms with Crippen molar-refractivity contribution in [3.05, 3.63) is 17.5 Å². The van der Waals surface area contributed by atoms with E-state index in [1.807, 2.05) is 0 Å². The molecule has 3 heterocycles. The summed E-state index contributed by atoms with van der Waals surface area (Å²) >= 11 is 6.14. The van der Waals surface area contributed by atoms with Gasteiger partial charge in [-0.25, -0.2) is 9.97 Å². The quantitative estimate of drug-likeness (QED) is 0.872. The average molecular weight is 253 g/mol. The molecule has 1 aromatic heterocycles. The minimum absolute atomic E-state index is 0.543. The Bertz CT molecular complexity index is 399. The number of hydrogen-bond donors (Lipinski definition) is 1. The van der Waals surface area contributed by atoms with Crippen LogP contribution in [0.15, 0.2) is 12.5 Å². The first kappa shape index (κ1) is 11.2. The van der Waals surface area contributed by atoms with E-state index in [1.165, 1.54) is 25.7 Å². The van der Waals surface area contributed by atoms with Crippen LogP contribution in [0, 0.1) is 0 Å². The Hall–Kier alpha value is -0.870. The lowest BCUT2D eigenvalue weighted by atomic mass is 9.98. The lowest BCUT2D eigenvalue weighted by Crippen LogP contribution is -2.47. The smallest absolute Gasteiger partial charge is 0.150 e. The van der Waals surface area contributed by atoms with Gasteiger partial charge in [0.25, 0.3) is 0 Å². The Kier molecular flexibility index (Phi) is 2.92. The molecule has 0 aromatic carbocycles. The third kappa shape index (κ3) is 2.11. The van der Waals surface area contributed by atoms with E-state index in [2.05, 4.69) is 27.2 Å². The maximum atomic E-state index is 6.14. The largest absolute Gasteiger partial charge is 0.355 e. The molecular formula is C12H17ClN4. The number of hydrogen-bond acceptors (Lipinski definition) is 4. The molecule has 4 nitrogen and oxygen atoms in total. The highest BCUT2D eigenvalue weighted by Gasteiger charge is 2.35.